The predicted octanol–water partition coefficient (Wildman–Crippen LogP) is 3.79. The first-order valence-corrected chi connectivity index (χ1v) is 7.96. The lowest BCUT2D eigenvalue weighted by Crippen LogP contribution is -2.24. The van der Waals surface area contributed by atoms with Crippen LogP contribution in [-0.2, 0) is 0 Å². The van der Waals surface area contributed by atoms with E-state index in [0.29, 0.717) is 17.1 Å². The number of anilines is 2. The first kappa shape index (κ1) is 16.6. The maximum absolute atomic E-state index is 12.5. The van der Waals surface area contributed by atoms with Crippen molar-refractivity contribution in [3.05, 3.63) is 59.3 Å². The van der Waals surface area contributed by atoms with Crippen LogP contribution in [0, 0.1) is 13.8 Å². The third-order valence-electron chi connectivity index (χ3n) is 3.96. The van der Waals surface area contributed by atoms with Crippen LogP contribution in [0.25, 0.3) is 10.9 Å². The van der Waals surface area contributed by atoms with Crippen molar-refractivity contribution in [2.75, 3.05) is 17.7 Å². The molecule has 0 spiro atoms. The number of hydrogen-bond acceptors (Lipinski definition) is 2. The highest BCUT2D eigenvalue weighted by molar-refractivity contribution is 6.06. The quantitative estimate of drug-likeness (QED) is 0.586. The molecule has 0 bridgehead atoms. The third kappa shape index (κ3) is 3.63. The Hall–Kier alpha value is -3.28. The van der Waals surface area contributed by atoms with Crippen LogP contribution in [0.4, 0.5) is 16.2 Å². The molecule has 0 aliphatic carbocycles. The number of rotatable bonds is 3. The Balaban J connectivity index is 1.76. The topological polar surface area (TPSA) is 86.0 Å². The van der Waals surface area contributed by atoms with E-state index in [1.54, 1.807) is 31.3 Å². The SMILES string of the molecule is CNC(=O)Nc1ccc(NC(=O)c2cc3c(C)cc(C)cc3[nH]2)cc1. The number of benzene rings is 2. The number of fused-ring (bicyclic) bond motifs is 1. The molecule has 3 amide bonds. The summed E-state index contributed by atoms with van der Waals surface area (Å²) >= 11 is 0. The summed E-state index contributed by atoms with van der Waals surface area (Å²) in [4.78, 5) is 26.9. The molecule has 2 aromatic carbocycles. The number of H-pyrrole nitrogens is 1. The van der Waals surface area contributed by atoms with Gasteiger partial charge in [0.05, 0.1) is 0 Å². The van der Waals surface area contributed by atoms with Gasteiger partial charge in [0.1, 0.15) is 5.69 Å². The van der Waals surface area contributed by atoms with Gasteiger partial charge >= 0.3 is 6.03 Å². The van der Waals surface area contributed by atoms with Crippen LogP contribution in [0.5, 0.6) is 0 Å². The van der Waals surface area contributed by atoms with Gasteiger partial charge in [-0.25, -0.2) is 4.79 Å². The molecule has 25 heavy (non-hydrogen) atoms. The lowest BCUT2D eigenvalue weighted by atomic mass is 10.1. The van der Waals surface area contributed by atoms with Crippen molar-refractivity contribution in [1.82, 2.24) is 10.3 Å². The molecule has 3 rings (SSSR count). The van der Waals surface area contributed by atoms with Crippen molar-refractivity contribution < 1.29 is 9.59 Å². The summed E-state index contributed by atoms with van der Waals surface area (Å²) in [6.07, 6.45) is 0. The first-order chi connectivity index (χ1) is 12.0. The number of aromatic amines is 1. The zero-order valence-electron chi connectivity index (χ0n) is 14.4. The van der Waals surface area contributed by atoms with Gasteiger partial charge in [0, 0.05) is 29.3 Å². The highest BCUT2D eigenvalue weighted by Gasteiger charge is 2.11. The van der Waals surface area contributed by atoms with E-state index >= 15 is 0 Å². The van der Waals surface area contributed by atoms with Gasteiger partial charge in [-0.3, -0.25) is 4.79 Å². The van der Waals surface area contributed by atoms with E-state index in [2.05, 4.69) is 27.0 Å². The normalized spacial score (nSPS) is 10.5. The zero-order chi connectivity index (χ0) is 18.0. The van der Waals surface area contributed by atoms with Crippen molar-refractivity contribution in [1.29, 1.82) is 0 Å². The molecule has 6 heteroatoms. The van der Waals surface area contributed by atoms with Crippen LogP contribution in [-0.4, -0.2) is 24.0 Å². The molecular formula is C19H20N4O2. The summed E-state index contributed by atoms with van der Waals surface area (Å²) in [5.74, 6) is -0.208. The average molecular weight is 336 g/mol. The van der Waals surface area contributed by atoms with E-state index in [9.17, 15) is 9.59 Å². The molecule has 0 aliphatic heterocycles. The Morgan fingerprint density at radius 2 is 1.56 bits per heavy atom. The van der Waals surface area contributed by atoms with Crippen LogP contribution < -0.4 is 16.0 Å². The predicted molar refractivity (Wildman–Crippen MR) is 100 cm³/mol. The van der Waals surface area contributed by atoms with Gasteiger partial charge in [0.15, 0.2) is 0 Å². The van der Waals surface area contributed by atoms with E-state index < -0.39 is 0 Å². The van der Waals surface area contributed by atoms with Crippen LogP contribution in [0.2, 0.25) is 0 Å². The second-order valence-electron chi connectivity index (χ2n) is 5.96. The van der Waals surface area contributed by atoms with Gasteiger partial charge in [0.2, 0.25) is 0 Å². The fourth-order valence-electron chi connectivity index (χ4n) is 2.75. The molecule has 0 radical (unpaired) electrons. The van der Waals surface area contributed by atoms with Crippen LogP contribution in [0.3, 0.4) is 0 Å². The molecule has 0 atom stereocenters. The van der Waals surface area contributed by atoms with Crippen molar-refractivity contribution in [2.45, 2.75) is 13.8 Å². The number of amides is 3. The van der Waals surface area contributed by atoms with Gasteiger partial charge in [-0.15, -0.1) is 0 Å². The summed E-state index contributed by atoms with van der Waals surface area (Å²) in [7, 11) is 1.55. The minimum Gasteiger partial charge on any atom is -0.351 e. The molecule has 0 fully saturated rings. The Labute approximate surface area is 145 Å². The van der Waals surface area contributed by atoms with E-state index in [-0.39, 0.29) is 11.9 Å². The van der Waals surface area contributed by atoms with Crippen LogP contribution >= 0.6 is 0 Å². The molecule has 6 nitrogen and oxygen atoms in total. The Kier molecular flexibility index (Phi) is 4.43. The number of nitrogens with one attached hydrogen (secondary N) is 4. The zero-order valence-corrected chi connectivity index (χ0v) is 14.4. The summed E-state index contributed by atoms with van der Waals surface area (Å²) in [5.41, 5.74) is 5.05. The molecule has 4 N–H and O–H groups in total. The molecule has 0 saturated heterocycles. The van der Waals surface area contributed by atoms with Gasteiger partial charge in [0.25, 0.3) is 5.91 Å². The Morgan fingerprint density at radius 1 is 0.920 bits per heavy atom. The fourth-order valence-corrected chi connectivity index (χ4v) is 2.75. The fraction of sp³-hybridized carbons (Fsp3) is 0.158. The van der Waals surface area contributed by atoms with Gasteiger partial charge in [-0.05, 0) is 61.4 Å². The van der Waals surface area contributed by atoms with Crippen LogP contribution in [0.15, 0.2) is 42.5 Å². The summed E-state index contributed by atoms with van der Waals surface area (Å²) in [6, 6.07) is 12.6. The standard InChI is InChI=1S/C19H20N4O2/c1-11-8-12(2)15-10-17(23-16(15)9-11)18(24)21-13-4-6-14(7-5-13)22-19(25)20-3/h4-10,23H,1-3H3,(H,21,24)(H2,20,22,25). The first-order valence-electron chi connectivity index (χ1n) is 7.96. The Bertz CT molecular complexity index is 942. The molecule has 0 unspecified atom stereocenters. The number of hydrogen-bond donors (Lipinski definition) is 4. The molecule has 1 heterocycles. The minimum absolute atomic E-state index is 0.208. The Morgan fingerprint density at radius 3 is 2.20 bits per heavy atom. The maximum atomic E-state index is 12.5. The largest absolute Gasteiger partial charge is 0.351 e. The molecule has 1 aromatic heterocycles. The van der Waals surface area contributed by atoms with Gasteiger partial charge in [-0.1, -0.05) is 6.07 Å². The molecule has 0 aliphatic rings. The summed E-state index contributed by atoms with van der Waals surface area (Å²) < 4.78 is 0. The van der Waals surface area contributed by atoms with Crippen molar-refractivity contribution in [3.63, 3.8) is 0 Å². The second-order valence-corrected chi connectivity index (χ2v) is 5.96. The highest BCUT2D eigenvalue weighted by atomic mass is 16.2. The molecule has 128 valence electrons. The minimum atomic E-state index is -0.291. The van der Waals surface area contributed by atoms with Gasteiger partial charge < -0.3 is 20.9 Å². The van der Waals surface area contributed by atoms with Crippen molar-refractivity contribution in [2.24, 2.45) is 0 Å². The number of carbonyl (C=O) groups excluding carboxylic acids is 2. The average Bonchev–Trinajstić information content (AvgIpc) is 3.01. The van der Waals surface area contributed by atoms with E-state index in [0.717, 1.165) is 22.0 Å². The lowest BCUT2D eigenvalue weighted by molar-refractivity contribution is 0.102. The number of aromatic nitrogens is 1. The van der Waals surface area contributed by atoms with Gasteiger partial charge in [-0.2, -0.15) is 0 Å². The molecule has 3 aromatic rings. The molecular weight excluding hydrogens is 316 g/mol. The number of aryl methyl sites for hydroxylation is 2. The highest BCUT2D eigenvalue weighted by Crippen LogP contribution is 2.22. The summed E-state index contributed by atoms with van der Waals surface area (Å²) in [6.45, 7) is 4.06. The van der Waals surface area contributed by atoms with Crippen molar-refractivity contribution >= 4 is 34.2 Å². The van der Waals surface area contributed by atoms with E-state index in [4.69, 9.17) is 0 Å². The smallest absolute Gasteiger partial charge is 0.318 e. The molecule has 0 saturated carbocycles. The maximum Gasteiger partial charge on any atom is 0.318 e. The van der Waals surface area contributed by atoms with Crippen LogP contribution in [0.1, 0.15) is 21.6 Å². The second kappa shape index (κ2) is 6.68. The monoisotopic (exact) mass is 336 g/mol. The van der Waals surface area contributed by atoms with Crippen molar-refractivity contribution in [3.8, 4) is 0 Å². The third-order valence-corrected chi connectivity index (χ3v) is 3.96. The van der Waals surface area contributed by atoms with E-state index in [1.807, 2.05) is 26.0 Å². The number of urea groups is 1. The summed E-state index contributed by atoms with van der Waals surface area (Å²) in [5, 5.41) is 9.03. The number of carbonyl (C=O) groups is 2. The van der Waals surface area contributed by atoms with E-state index in [1.165, 1.54) is 0 Å². The lowest BCUT2D eigenvalue weighted by Gasteiger charge is -2.07.